The maximum atomic E-state index is 5.25. The van der Waals surface area contributed by atoms with E-state index in [0.29, 0.717) is 0 Å². The fourth-order valence-electron chi connectivity index (χ4n) is 6.50. The van der Waals surface area contributed by atoms with Crippen LogP contribution in [0, 0.1) is 0 Å². The summed E-state index contributed by atoms with van der Waals surface area (Å²) in [6, 6.07) is 51.8. The van der Waals surface area contributed by atoms with Gasteiger partial charge in [0.05, 0.1) is 11.2 Å². The minimum absolute atomic E-state index is 0.731. The average Bonchev–Trinajstić information content (AvgIpc) is 3.47. The molecule has 2 heterocycles. The molecule has 0 amide bonds. The fraction of sp³-hybridized carbons (Fsp3) is 0. The van der Waals surface area contributed by atoms with Crippen LogP contribution in [-0.2, 0) is 0 Å². The first-order valence-corrected chi connectivity index (χ1v) is 15.3. The third-order valence-electron chi connectivity index (χ3n) is 8.47. The number of hydrogen-bond donors (Lipinski definition) is 0. The molecule has 0 saturated carbocycles. The highest BCUT2D eigenvalue weighted by Crippen LogP contribution is 2.41. The van der Waals surface area contributed by atoms with Crippen molar-refractivity contribution < 1.29 is 0 Å². The zero-order chi connectivity index (χ0) is 28.3. The number of fused-ring (bicyclic) bond motifs is 8. The summed E-state index contributed by atoms with van der Waals surface area (Å²) in [5.74, 6) is 0.731. The Balaban J connectivity index is 1.26. The molecule has 0 aliphatic carbocycles. The minimum atomic E-state index is 0.731. The monoisotopic (exact) mass is 564 g/mol. The summed E-state index contributed by atoms with van der Waals surface area (Å²) in [5, 5.41) is 8.66. The van der Waals surface area contributed by atoms with Crippen molar-refractivity contribution in [2.45, 2.75) is 0 Å². The summed E-state index contributed by atoms with van der Waals surface area (Å²) in [6.45, 7) is 0. The first-order valence-electron chi connectivity index (χ1n) is 14.5. The van der Waals surface area contributed by atoms with E-state index in [4.69, 9.17) is 9.97 Å². The van der Waals surface area contributed by atoms with E-state index >= 15 is 0 Å². The lowest BCUT2D eigenvalue weighted by molar-refractivity contribution is 1.23. The van der Waals surface area contributed by atoms with Crippen LogP contribution in [0.4, 0.5) is 0 Å². The van der Waals surface area contributed by atoms with Crippen molar-refractivity contribution in [2.75, 3.05) is 0 Å². The van der Waals surface area contributed by atoms with E-state index in [-0.39, 0.29) is 0 Å². The molecule has 0 fully saturated rings. The lowest BCUT2D eigenvalue weighted by Crippen LogP contribution is -1.96. The van der Waals surface area contributed by atoms with Crippen molar-refractivity contribution in [3.8, 4) is 33.8 Å². The SMILES string of the molecule is c1ccc(-c2nc(-c3cccc(-c4cccc5c4ccc4sc6ccccc6c45)c3)nc3ccc4ccccc4c23)cc1. The highest BCUT2D eigenvalue weighted by molar-refractivity contribution is 7.26. The van der Waals surface area contributed by atoms with Crippen molar-refractivity contribution in [1.29, 1.82) is 0 Å². The molecule has 0 unspecified atom stereocenters. The molecule has 3 heteroatoms. The smallest absolute Gasteiger partial charge is 0.160 e. The summed E-state index contributed by atoms with van der Waals surface area (Å²) in [4.78, 5) is 10.4. The average molecular weight is 565 g/mol. The van der Waals surface area contributed by atoms with Crippen LogP contribution in [0.15, 0.2) is 146 Å². The van der Waals surface area contributed by atoms with Crippen LogP contribution in [0.1, 0.15) is 0 Å². The molecule has 7 aromatic carbocycles. The van der Waals surface area contributed by atoms with Crippen LogP contribution >= 0.6 is 11.3 Å². The quantitative estimate of drug-likeness (QED) is 0.199. The summed E-state index contributed by atoms with van der Waals surface area (Å²) in [6.07, 6.45) is 0. The summed E-state index contributed by atoms with van der Waals surface area (Å²) in [7, 11) is 0. The topological polar surface area (TPSA) is 25.8 Å². The zero-order valence-corrected chi connectivity index (χ0v) is 24.0. The van der Waals surface area contributed by atoms with Gasteiger partial charge in [0.25, 0.3) is 0 Å². The molecular weight excluding hydrogens is 541 g/mol. The molecule has 0 N–H and O–H groups in total. The fourth-order valence-corrected chi connectivity index (χ4v) is 7.62. The van der Waals surface area contributed by atoms with Crippen LogP contribution in [0.25, 0.3) is 86.4 Å². The highest BCUT2D eigenvalue weighted by atomic mass is 32.1. The standard InChI is InChI=1S/C40H24N2S/c1-2-11-26(12-3-1)39-38-30-15-5-4-10-25(30)20-22-34(38)41-40(42-39)28-14-8-13-27(24-28)29-17-9-18-32-31(29)21-23-36-37(32)33-16-6-7-19-35(33)43-36/h1-24H. The first kappa shape index (κ1) is 24.2. The van der Waals surface area contributed by atoms with Crippen LogP contribution in [0.5, 0.6) is 0 Å². The van der Waals surface area contributed by atoms with Gasteiger partial charge >= 0.3 is 0 Å². The van der Waals surface area contributed by atoms with E-state index < -0.39 is 0 Å². The van der Waals surface area contributed by atoms with E-state index in [9.17, 15) is 0 Å². The van der Waals surface area contributed by atoms with Gasteiger partial charge in [-0.15, -0.1) is 11.3 Å². The van der Waals surface area contributed by atoms with Crippen LogP contribution in [0.2, 0.25) is 0 Å². The molecule has 9 rings (SSSR count). The number of thiophene rings is 1. The Morgan fingerprint density at radius 1 is 0.419 bits per heavy atom. The van der Waals surface area contributed by atoms with E-state index in [2.05, 4.69) is 140 Å². The first-order chi connectivity index (χ1) is 21.3. The van der Waals surface area contributed by atoms with Crippen molar-refractivity contribution in [1.82, 2.24) is 9.97 Å². The predicted octanol–water partition coefficient (Wildman–Crippen LogP) is 11.3. The van der Waals surface area contributed by atoms with Crippen LogP contribution < -0.4 is 0 Å². The van der Waals surface area contributed by atoms with Crippen LogP contribution in [-0.4, -0.2) is 9.97 Å². The lowest BCUT2D eigenvalue weighted by Gasteiger charge is -2.13. The number of aromatic nitrogens is 2. The molecule has 9 aromatic rings. The van der Waals surface area contributed by atoms with Gasteiger partial charge in [-0.05, 0) is 56.9 Å². The summed E-state index contributed by atoms with van der Waals surface area (Å²) < 4.78 is 2.65. The van der Waals surface area contributed by atoms with Gasteiger partial charge in [0.2, 0.25) is 0 Å². The molecule has 0 saturated heterocycles. The number of benzene rings is 7. The van der Waals surface area contributed by atoms with Gasteiger partial charge in [0, 0.05) is 36.7 Å². The van der Waals surface area contributed by atoms with E-state index in [0.717, 1.165) is 39.1 Å². The van der Waals surface area contributed by atoms with E-state index in [1.807, 2.05) is 17.4 Å². The van der Waals surface area contributed by atoms with Crippen molar-refractivity contribution >= 4 is 64.0 Å². The van der Waals surface area contributed by atoms with Gasteiger partial charge in [-0.1, -0.05) is 121 Å². The highest BCUT2D eigenvalue weighted by Gasteiger charge is 2.16. The molecule has 43 heavy (non-hydrogen) atoms. The zero-order valence-electron chi connectivity index (χ0n) is 23.2. The molecule has 0 radical (unpaired) electrons. The Labute approximate surface area is 252 Å². The lowest BCUT2D eigenvalue weighted by atomic mass is 9.94. The number of rotatable bonds is 3. The molecule has 2 aromatic heterocycles. The van der Waals surface area contributed by atoms with Gasteiger partial charge < -0.3 is 0 Å². The second kappa shape index (κ2) is 9.59. The van der Waals surface area contributed by atoms with Crippen molar-refractivity contribution in [3.05, 3.63) is 146 Å². The second-order valence-corrected chi connectivity index (χ2v) is 12.0. The molecule has 0 atom stereocenters. The third kappa shape index (κ3) is 3.86. The van der Waals surface area contributed by atoms with Gasteiger partial charge in [0.1, 0.15) is 0 Å². The molecule has 200 valence electrons. The van der Waals surface area contributed by atoms with Gasteiger partial charge in [-0.2, -0.15) is 0 Å². The minimum Gasteiger partial charge on any atom is -0.228 e. The molecule has 0 bridgehead atoms. The Hall–Kier alpha value is -5.38. The Morgan fingerprint density at radius 2 is 1.16 bits per heavy atom. The number of nitrogens with zero attached hydrogens (tertiary/aromatic N) is 2. The molecule has 0 spiro atoms. The number of hydrogen-bond acceptors (Lipinski definition) is 3. The Morgan fingerprint density at radius 3 is 2.09 bits per heavy atom. The molecule has 0 aliphatic heterocycles. The molecule has 2 nitrogen and oxygen atoms in total. The summed E-state index contributed by atoms with van der Waals surface area (Å²) >= 11 is 1.86. The second-order valence-electron chi connectivity index (χ2n) is 11.0. The van der Waals surface area contributed by atoms with E-state index in [1.165, 1.54) is 47.3 Å². The van der Waals surface area contributed by atoms with Gasteiger partial charge in [-0.25, -0.2) is 9.97 Å². The molecular formula is C40H24N2S. The van der Waals surface area contributed by atoms with Crippen molar-refractivity contribution in [3.63, 3.8) is 0 Å². The summed E-state index contributed by atoms with van der Waals surface area (Å²) in [5.41, 5.74) is 6.37. The maximum Gasteiger partial charge on any atom is 0.160 e. The molecule has 0 aliphatic rings. The Bertz CT molecular complexity index is 2510. The van der Waals surface area contributed by atoms with E-state index in [1.54, 1.807) is 0 Å². The third-order valence-corrected chi connectivity index (χ3v) is 9.60. The normalized spacial score (nSPS) is 11.7. The van der Waals surface area contributed by atoms with Gasteiger partial charge in [0.15, 0.2) is 5.82 Å². The van der Waals surface area contributed by atoms with Gasteiger partial charge in [-0.3, -0.25) is 0 Å². The van der Waals surface area contributed by atoms with Crippen LogP contribution in [0.3, 0.4) is 0 Å². The largest absolute Gasteiger partial charge is 0.228 e. The maximum absolute atomic E-state index is 5.25. The Kier molecular flexibility index (Phi) is 5.40. The van der Waals surface area contributed by atoms with Crippen molar-refractivity contribution in [2.24, 2.45) is 0 Å². The predicted molar refractivity (Wildman–Crippen MR) is 184 cm³/mol.